The van der Waals surface area contributed by atoms with E-state index in [0.29, 0.717) is 6.04 Å². The normalized spacial score (nSPS) is 15.8. The molecule has 110 valence electrons. The minimum Gasteiger partial charge on any atom is -0.360 e. The van der Waals surface area contributed by atoms with E-state index in [1.54, 1.807) is 0 Å². The van der Waals surface area contributed by atoms with Crippen molar-refractivity contribution in [2.24, 2.45) is 0 Å². The number of carbonyl (C=O) groups is 1. The van der Waals surface area contributed by atoms with E-state index in [2.05, 4.69) is 10.3 Å². The number of Topliss-reactive ketones (excluding diaryl/α,β-unsaturated/α-hetero) is 1. The summed E-state index contributed by atoms with van der Waals surface area (Å²) in [7, 11) is 0. The predicted octanol–water partition coefficient (Wildman–Crippen LogP) is 3.84. The molecule has 1 atom stereocenters. The molecule has 0 aliphatic heterocycles. The first-order valence-corrected chi connectivity index (χ1v) is 7.74. The van der Waals surface area contributed by atoms with Gasteiger partial charge in [0.2, 0.25) is 0 Å². The van der Waals surface area contributed by atoms with Gasteiger partial charge in [0, 0.05) is 28.7 Å². The Morgan fingerprint density at radius 1 is 1.05 bits per heavy atom. The van der Waals surface area contributed by atoms with Crippen LogP contribution in [0.5, 0.6) is 0 Å². The van der Waals surface area contributed by atoms with E-state index < -0.39 is 0 Å². The predicted molar refractivity (Wildman–Crippen MR) is 88.0 cm³/mol. The van der Waals surface area contributed by atoms with Gasteiger partial charge in [-0.25, -0.2) is 0 Å². The summed E-state index contributed by atoms with van der Waals surface area (Å²) in [4.78, 5) is 16.3. The SMILES string of the molecule is O=C(c1c[nH]c2ccccc12)[C@H](NC1CC1)c1ccccc1. The Kier molecular flexibility index (Phi) is 3.28. The summed E-state index contributed by atoms with van der Waals surface area (Å²) in [5.74, 6) is 0.135. The lowest BCUT2D eigenvalue weighted by Crippen LogP contribution is -2.30. The van der Waals surface area contributed by atoms with Crippen LogP contribution in [-0.2, 0) is 0 Å². The molecule has 4 rings (SSSR count). The highest BCUT2D eigenvalue weighted by Gasteiger charge is 2.30. The van der Waals surface area contributed by atoms with E-state index in [9.17, 15) is 4.79 Å². The number of nitrogens with one attached hydrogen (secondary N) is 2. The Labute approximate surface area is 129 Å². The zero-order chi connectivity index (χ0) is 14.9. The minimum atomic E-state index is -0.270. The molecule has 2 N–H and O–H groups in total. The number of carbonyl (C=O) groups excluding carboxylic acids is 1. The van der Waals surface area contributed by atoms with Crippen molar-refractivity contribution in [2.45, 2.75) is 24.9 Å². The molecule has 3 heteroatoms. The second-order valence-corrected chi connectivity index (χ2v) is 5.90. The van der Waals surface area contributed by atoms with E-state index in [-0.39, 0.29) is 11.8 Å². The second kappa shape index (κ2) is 5.43. The van der Waals surface area contributed by atoms with E-state index >= 15 is 0 Å². The van der Waals surface area contributed by atoms with Gasteiger partial charge in [0.05, 0.1) is 6.04 Å². The van der Waals surface area contributed by atoms with Crippen LogP contribution in [0, 0.1) is 0 Å². The Balaban J connectivity index is 1.73. The van der Waals surface area contributed by atoms with Gasteiger partial charge in [-0.1, -0.05) is 48.5 Å². The number of para-hydroxylation sites is 1. The number of rotatable bonds is 5. The van der Waals surface area contributed by atoms with Crippen LogP contribution in [0.1, 0.15) is 34.8 Å². The largest absolute Gasteiger partial charge is 0.360 e. The highest BCUT2D eigenvalue weighted by atomic mass is 16.1. The van der Waals surface area contributed by atoms with Crippen LogP contribution < -0.4 is 5.32 Å². The Hall–Kier alpha value is -2.39. The molecule has 1 aliphatic carbocycles. The summed E-state index contributed by atoms with van der Waals surface area (Å²) in [5.41, 5.74) is 2.80. The van der Waals surface area contributed by atoms with Crippen LogP contribution in [0.15, 0.2) is 60.8 Å². The van der Waals surface area contributed by atoms with Crippen molar-refractivity contribution < 1.29 is 4.79 Å². The number of hydrogen-bond donors (Lipinski definition) is 2. The Morgan fingerprint density at radius 2 is 1.77 bits per heavy atom. The van der Waals surface area contributed by atoms with Crippen molar-refractivity contribution in [3.8, 4) is 0 Å². The number of aromatic amines is 1. The molecule has 1 aromatic heterocycles. The van der Waals surface area contributed by atoms with E-state index in [1.807, 2.05) is 60.8 Å². The standard InChI is InChI=1S/C19H18N2O/c22-19(16-12-20-17-9-5-4-8-15(16)17)18(21-14-10-11-14)13-6-2-1-3-7-13/h1-9,12,14,18,20-21H,10-11H2/t18-/m1/s1. The first-order chi connectivity index (χ1) is 10.8. The van der Waals surface area contributed by atoms with Gasteiger partial charge in [-0.15, -0.1) is 0 Å². The van der Waals surface area contributed by atoms with Crippen molar-refractivity contribution >= 4 is 16.7 Å². The second-order valence-electron chi connectivity index (χ2n) is 5.90. The molecule has 0 amide bonds. The fourth-order valence-electron chi connectivity index (χ4n) is 2.89. The molecule has 0 spiro atoms. The monoisotopic (exact) mass is 290 g/mol. The summed E-state index contributed by atoms with van der Waals surface area (Å²) in [6, 6.07) is 18.1. The summed E-state index contributed by atoms with van der Waals surface area (Å²) < 4.78 is 0. The number of benzene rings is 2. The molecule has 1 saturated carbocycles. The van der Waals surface area contributed by atoms with Crippen molar-refractivity contribution in [1.29, 1.82) is 0 Å². The fraction of sp³-hybridized carbons (Fsp3) is 0.211. The van der Waals surface area contributed by atoms with Gasteiger partial charge >= 0.3 is 0 Å². The van der Waals surface area contributed by atoms with Crippen LogP contribution in [-0.4, -0.2) is 16.8 Å². The molecule has 0 bridgehead atoms. The summed E-state index contributed by atoms with van der Waals surface area (Å²) >= 11 is 0. The van der Waals surface area contributed by atoms with Crippen molar-refractivity contribution in [3.05, 3.63) is 71.9 Å². The molecular formula is C19H18N2O. The number of hydrogen-bond acceptors (Lipinski definition) is 2. The topological polar surface area (TPSA) is 44.9 Å². The third kappa shape index (κ3) is 2.44. The van der Waals surface area contributed by atoms with E-state index in [0.717, 1.165) is 34.9 Å². The average Bonchev–Trinajstić information content (AvgIpc) is 3.29. The molecule has 1 heterocycles. The molecular weight excluding hydrogens is 272 g/mol. The first-order valence-electron chi connectivity index (χ1n) is 7.74. The minimum absolute atomic E-state index is 0.135. The van der Waals surface area contributed by atoms with E-state index in [1.165, 1.54) is 0 Å². The number of ketones is 1. The van der Waals surface area contributed by atoms with Crippen LogP contribution >= 0.6 is 0 Å². The molecule has 3 nitrogen and oxygen atoms in total. The molecule has 1 aliphatic rings. The Morgan fingerprint density at radius 3 is 2.55 bits per heavy atom. The summed E-state index contributed by atoms with van der Waals surface area (Å²) in [6.07, 6.45) is 4.15. The lowest BCUT2D eigenvalue weighted by atomic mass is 9.97. The van der Waals surface area contributed by atoms with Gasteiger partial charge in [-0.05, 0) is 24.5 Å². The number of H-pyrrole nitrogens is 1. The zero-order valence-electron chi connectivity index (χ0n) is 12.3. The highest BCUT2D eigenvalue weighted by molar-refractivity contribution is 6.10. The smallest absolute Gasteiger partial charge is 0.186 e. The fourth-order valence-corrected chi connectivity index (χ4v) is 2.89. The van der Waals surface area contributed by atoms with E-state index in [4.69, 9.17) is 0 Å². The number of aromatic nitrogens is 1. The maximum absolute atomic E-state index is 13.1. The number of fused-ring (bicyclic) bond motifs is 1. The molecule has 0 saturated heterocycles. The molecule has 22 heavy (non-hydrogen) atoms. The van der Waals surface area contributed by atoms with Gasteiger partial charge in [0.1, 0.15) is 0 Å². The van der Waals surface area contributed by atoms with Crippen LogP contribution in [0.4, 0.5) is 0 Å². The lowest BCUT2D eigenvalue weighted by molar-refractivity contribution is 0.0943. The maximum Gasteiger partial charge on any atom is 0.186 e. The lowest BCUT2D eigenvalue weighted by Gasteiger charge is -2.17. The van der Waals surface area contributed by atoms with Gasteiger partial charge in [-0.3, -0.25) is 4.79 Å². The maximum atomic E-state index is 13.1. The third-order valence-corrected chi connectivity index (χ3v) is 4.23. The van der Waals surface area contributed by atoms with Gasteiger partial charge in [0.15, 0.2) is 5.78 Å². The Bertz CT molecular complexity index is 802. The molecule has 2 aromatic carbocycles. The molecule has 0 radical (unpaired) electrons. The van der Waals surface area contributed by atoms with Gasteiger partial charge in [-0.2, -0.15) is 0 Å². The summed E-state index contributed by atoms with van der Waals surface area (Å²) in [6.45, 7) is 0. The van der Waals surface area contributed by atoms with Gasteiger partial charge < -0.3 is 10.3 Å². The third-order valence-electron chi connectivity index (χ3n) is 4.23. The van der Waals surface area contributed by atoms with Crippen molar-refractivity contribution in [2.75, 3.05) is 0 Å². The van der Waals surface area contributed by atoms with Crippen LogP contribution in [0.3, 0.4) is 0 Å². The quantitative estimate of drug-likeness (QED) is 0.701. The highest BCUT2D eigenvalue weighted by Crippen LogP contribution is 2.28. The van der Waals surface area contributed by atoms with Crippen molar-refractivity contribution in [1.82, 2.24) is 10.3 Å². The van der Waals surface area contributed by atoms with Crippen LogP contribution in [0.2, 0.25) is 0 Å². The molecule has 3 aromatic rings. The zero-order valence-corrected chi connectivity index (χ0v) is 12.3. The summed E-state index contributed by atoms with van der Waals surface area (Å²) in [5, 5.41) is 4.49. The molecule has 1 fully saturated rings. The van der Waals surface area contributed by atoms with Crippen LogP contribution in [0.25, 0.3) is 10.9 Å². The molecule has 0 unspecified atom stereocenters. The average molecular weight is 290 g/mol. The first kappa shape index (κ1) is 13.3. The van der Waals surface area contributed by atoms with Gasteiger partial charge in [0.25, 0.3) is 0 Å². The van der Waals surface area contributed by atoms with Crippen molar-refractivity contribution in [3.63, 3.8) is 0 Å².